The molecule has 0 spiro atoms. The molecule has 2 heterocycles. The first-order chi connectivity index (χ1) is 9.43. The number of hydrogen-bond acceptors (Lipinski definition) is 3. The van der Waals surface area contributed by atoms with Gasteiger partial charge in [-0.3, -0.25) is 0 Å². The molecule has 3 nitrogen and oxygen atoms in total. The number of nitrogens with zero attached hydrogens (tertiary/aromatic N) is 1. The SMILES string of the molecule is CC1CCNC(c2nc3cc(C(F)(F)F)ccc3o2)C1. The fourth-order valence-corrected chi connectivity index (χ4v) is 2.57. The Bertz CT molecular complexity index is 620. The van der Waals surface area contributed by atoms with E-state index in [-0.39, 0.29) is 11.6 Å². The molecule has 0 radical (unpaired) electrons. The van der Waals surface area contributed by atoms with Crippen molar-refractivity contribution in [2.45, 2.75) is 32.0 Å². The van der Waals surface area contributed by atoms with Gasteiger partial charge in [0.15, 0.2) is 5.58 Å². The van der Waals surface area contributed by atoms with Gasteiger partial charge in [0.2, 0.25) is 5.89 Å². The standard InChI is InChI=1S/C14H15F3N2O/c1-8-4-5-18-11(6-8)13-19-10-7-9(14(15,16)17)2-3-12(10)20-13/h2-3,7-8,11,18H,4-6H2,1H3. The lowest BCUT2D eigenvalue weighted by atomic mass is 9.94. The monoisotopic (exact) mass is 284 g/mol. The summed E-state index contributed by atoms with van der Waals surface area (Å²) in [6.07, 6.45) is -2.38. The van der Waals surface area contributed by atoms with E-state index in [0.29, 0.717) is 17.4 Å². The second kappa shape index (κ2) is 4.77. The second-order valence-electron chi connectivity index (χ2n) is 5.37. The molecule has 0 aliphatic carbocycles. The van der Waals surface area contributed by atoms with Gasteiger partial charge in [-0.25, -0.2) is 4.98 Å². The van der Waals surface area contributed by atoms with Crippen LogP contribution >= 0.6 is 0 Å². The molecule has 0 bridgehead atoms. The van der Waals surface area contributed by atoms with Crippen LogP contribution in [0, 0.1) is 5.92 Å². The van der Waals surface area contributed by atoms with Gasteiger partial charge < -0.3 is 9.73 Å². The zero-order chi connectivity index (χ0) is 14.3. The Kier molecular flexibility index (Phi) is 3.20. The van der Waals surface area contributed by atoms with E-state index in [1.165, 1.54) is 6.07 Å². The minimum Gasteiger partial charge on any atom is -0.439 e. The maximum atomic E-state index is 12.7. The second-order valence-corrected chi connectivity index (χ2v) is 5.37. The molecule has 1 saturated heterocycles. The fourth-order valence-electron chi connectivity index (χ4n) is 2.57. The van der Waals surface area contributed by atoms with Crippen molar-refractivity contribution in [3.63, 3.8) is 0 Å². The number of rotatable bonds is 1. The highest BCUT2D eigenvalue weighted by Gasteiger charge is 2.31. The number of piperidine rings is 1. The Labute approximate surface area is 114 Å². The van der Waals surface area contributed by atoms with Gasteiger partial charge in [0.25, 0.3) is 0 Å². The number of benzene rings is 1. The van der Waals surface area contributed by atoms with Crippen LogP contribution in [0.25, 0.3) is 11.1 Å². The molecular formula is C14H15F3N2O. The topological polar surface area (TPSA) is 38.1 Å². The molecular weight excluding hydrogens is 269 g/mol. The van der Waals surface area contributed by atoms with Crippen molar-refractivity contribution in [1.82, 2.24) is 10.3 Å². The van der Waals surface area contributed by atoms with Crippen LogP contribution in [0.15, 0.2) is 22.6 Å². The molecule has 0 amide bonds. The quantitative estimate of drug-likeness (QED) is 0.863. The predicted molar refractivity (Wildman–Crippen MR) is 68.2 cm³/mol. The maximum Gasteiger partial charge on any atom is 0.416 e. The number of hydrogen-bond donors (Lipinski definition) is 1. The summed E-state index contributed by atoms with van der Waals surface area (Å²) in [5.41, 5.74) is -0.0438. The van der Waals surface area contributed by atoms with E-state index in [9.17, 15) is 13.2 Å². The third-order valence-electron chi connectivity index (χ3n) is 3.70. The van der Waals surface area contributed by atoms with E-state index in [2.05, 4.69) is 17.2 Å². The molecule has 3 rings (SSSR count). The van der Waals surface area contributed by atoms with Crippen LogP contribution in [-0.4, -0.2) is 11.5 Å². The van der Waals surface area contributed by atoms with Crippen molar-refractivity contribution in [2.75, 3.05) is 6.54 Å². The summed E-state index contributed by atoms with van der Waals surface area (Å²) in [6, 6.07) is 3.38. The third-order valence-corrected chi connectivity index (χ3v) is 3.70. The zero-order valence-corrected chi connectivity index (χ0v) is 11.0. The summed E-state index contributed by atoms with van der Waals surface area (Å²) in [5, 5.41) is 3.29. The highest BCUT2D eigenvalue weighted by atomic mass is 19.4. The average Bonchev–Trinajstić information content (AvgIpc) is 2.80. The number of aromatic nitrogens is 1. The molecule has 2 aromatic rings. The minimum atomic E-state index is -4.36. The zero-order valence-electron chi connectivity index (χ0n) is 11.0. The van der Waals surface area contributed by atoms with Gasteiger partial charge in [-0.15, -0.1) is 0 Å². The van der Waals surface area contributed by atoms with Crippen molar-refractivity contribution < 1.29 is 17.6 Å². The molecule has 1 aromatic heterocycles. The number of fused-ring (bicyclic) bond motifs is 1. The molecule has 1 N–H and O–H groups in total. The maximum absolute atomic E-state index is 12.7. The van der Waals surface area contributed by atoms with Gasteiger partial charge in [-0.1, -0.05) is 6.92 Å². The van der Waals surface area contributed by atoms with E-state index in [0.717, 1.165) is 31.5 Å². The van der Waals surface area contributed by atoms with E-state index in [1.807, 2.05) is 0 Å². The van der Waals surface area contributed by atoms with E-state index >= 15 is 0 Å². The summed E-state index contributed by atoms with van der Waals surface area (Å²) in [5.74, 6) is 1.04. The Morgan fingerprint density at radius 1 is 1.35 bits per heavy atom. The first kappa shape index (κ1) is 13.4. The van der Waals surface area contributed by atoms with Gasteiger partial charge in [0, 0.05) is 0 Å². The summed E-state index contributed by atoms with van der Waals surface area (Å²) in [6.45, 7) is 3.02. The van der Waals surface area contributed by atoms with Crippen LogP contribution < -0.4 is 5.32 Å². The minimum absolute atomic E-state index is 0.0134. The van der Waals surface area contributed by atoms with E-state index in [1.54, 1.807) is 0 Å². The van der Waals surface area contributed by atoms with Gasteiger partial charge in [-0.2, -0.15) is 13.2 Å². The molecule has 20 heavy (non-hydrogen) atoms. The number of nitrogens with one attached hydrogen (secondary N) is 1. The lowest BCUT2D eigenvalue weighted by Crippen LogP contribution is -2.30. The highest BCUT2D eigenvalue weighted by molar-refractivity contribution is 5.73. The van der Waals surface area contributed by atoms with Gasteiger partial charge >= 0.3 is 6.18 Å². The Balaban J connectivity index is 1.94. The van der Waals surface area contributed by atoms with Crippen molar-refractivity contribution in [1.29, 1.82) is 0 Å². The van der Waals surface area contributed by atoms with Crippen molar-refractivity contribution in [3.05, 3.63) is 29.7 Å². The van der Waals surface area contributed by atoms with E-state index < -0.39 is 11.7 Å². The molecule has 1 fully saturated rings. The number of oxazole rings is 1. The molecule has 108 valence electrons. The fraction of sp³-hybridized carbons (Fsp3) is 0.500. The average molecular weight is 284 g/mol. The van der Waals surface area contributed by atoms with Crippen LogP contribution in [-0.2, 0) is 6.18 Å². The molecule has 2 atom stereocenters. The smallest absolute Gasteiger partial charge is 0.416 e. The van der Waals surface area contributed by atoms with Crippen LogP contribution in [0.2, 0.25) is 0 Å². The third kappa shape index (κ3) is 2.52. The first-order valence-electron chi connectivity index (χ1n) is 6.64. The van der Waals surface area contributed by atoms with Crippen molar-refractivity contribution >= 4 is 11.1 Å². The van der Waals surface area contributed by atoms with Crippen LogP contribution in [0.3, 0.4) is 0 Å². The van der Waals surface area contributed by atoms with Gasteiger partial charge in [0.1, 0.15) is 5.52 Å². The van der Waals surface area contributed by atoms with Gasteiger partial charge in [-0.05, 0) is 43.5 Å². The summed E-state index contributed by atoms with van der Waals surface area (Å²) in [7, 11) is 0. The predicted octanol–water partition coefficient (Wildman–Crippen LogP) is 3.91. The van der Waals surface area contributed by atoms with Gasteiger partial charge in [0.05, 0.1) is 11.6 Å². The van der Waals surface area contributed by atoms with Crippen molar-refractivity contribution in [2.24, 2.45) is 5.92 Å². The summed E-state index contributed by atoms with van der Waals surface area (Å²) in [4.78, 5) is 4.22. The molecule has 2 unspecified atom stereocenters. The largest absolute Gasteiger partial charge is 0.439 e. The summed E-state index contributed by atoms with van der Waals surface area (Å²) >= 11 is 0. The summed E-state index contributed by atoms with van der Waals surface area (Å²) < 4.78 is 43.6. The highest BCUT2D eigenvalue weighted by Crippen LogP contribution is 2.33. The molecule has 1 aliphatic heterocycles. The lowest BCUT2D eigenvalue weighted by molar-refractivity contribution is -0.137. The Morgan fingerprint density at radius 3 is 2.85 bits per heavy atom. The molecule has 6 heteroatoms. The normalized spacial score (nSPS) is 24.2. The van der Waals surface area contributed by atoms with Crippen molar-refractivity contribution in [3.8, 4) is 0 Å². The molecule has 0 saturated carbocycles. The van der Waals surface area contributed by atoms with Crippen LogP contribution in [0.5, 0.6) is 0 Å². The van der Waals surface area contributed by atoms with Crippen LogP contribution in [0.4, 0.5) is 13.2 Å². The molecule has 1 aliphatic rings. The Hall–Kier alpha value is -1.56. The lowest BCUT2D eigenvalue weighted by Gasteiger charge is -2.25. The molecule has 1 aromatic carbocycles. The number of alkyl halides is 3. The van der Waals surface area contributed by atoms with Crippen LogP contribution in [0.1, 0.15) is 37.3 Å². The Morgan fingerprint density at radius 2 is 2.15 bits per heavy atom. The van der Waals surface area contributed by atoms with E-state index in [4.69, 9.17) is 4.42 Å². The first-order valence-corrected chi connectivity index (χ1v) is 6.64. The number of halogens is 3.